The third kappa shape index (κ3) is 4.04. The van der Waals surface area contributed by atoms with Crippen LogP contribution in [0.2, 0.25) is 4.47 Å². The number of rotatable bonds is 5. The molecule has 0 aliphatic carbocycles. The maximum atomic E-state index is 12.9. The van der Waals surface area contributed by atoms with Gasteiger partial charge in [-0.1, -0.05) is 29.8 Å². The number of nitrogens with one attached hydrogen (secondary N) is 1. The number of nitrogens with zero attached hydrogens (tertiary/aromatic N) is 5. The quantitative estimate of drug-likeness (QED) is 0.394. The van der Waals surface area contributed by atoms with Crippen molar-refractivity contribution in [3.8, 4) is 11.4 Å². The van der Waals surface area contributed by atoms with Crippen LogP contribution in [0, 0.1) is 0 Å². The molecule has 170 valence electrons. The van der Waals surface area contributed by atoms with E-state index in [0.29, 0.717) is 16.8 Å². The summed E-state index contributed by atoms with van der Waals surface area (Å²) in [7, 11) is 0. The molecule has 0 saturated carbocycles. The molecule has 1 aliphatic heterocycles. The predicted octanol–water partition coefficient (Wildman–Crippen LogP) is 4.50. The number of hydrogen-bond donors (Lipinski definition) is 1. The molecule has 34 heavy (non-hydrogen) atoms. The molecule has 0 fully saturated rings. The number of aromatic amines is 1. The maximum Gasteiger partial charge on any atom is 0.255 e. The van der Waals surface area contributed by atoms with Gasteiger partial charge in [-0.15, -0.1) is 11.3 Å². The van der Waals surface area contributed by atoms with Gasteiger partial charge in [-0.3, -0.25) is 14.7 Å². The van der Waals surface area contributed by atoms with Crippen molar-refractivity contribution in [3.63, 3.8) is 0 Å². The highest BCUT2D eigenvalue weighted by Gasteiger charge is 2.23. The van der Waals surface area contributed by atoms with E-state index in [1.54, 1.807) is 12.4 Å². The summed E-state index contributed by atoms with van der Waals surface area (Å²) in [4.78, 5) is 32.3. The molecule has 1 aliphatic rings. The Kier molecular flexibility index (Phi) is 5.49. The number of thiazole rings is 1. The summed E-state index contributed by atoms with van der Waals surface area (Å²) in [5.41, 5.74) is 4.87. The van der Waals surface area contributed by atoms with Crippen molar-refractivity contribution in [3.05, 3.63) is 97.7 Å². The van der Waals surface area contributed by atoms with Crippen molar-refractivity contribution in [2.75, 3.05) is 6.54 Å². The fourth-order valence-electron chi connectivity index (χ4n) is 4.61. The first kappa shape index (κ1) is 21.2. The van der Waals surface area contributed by atoms with Crippen LogP contribution in [0.3, 0.4) is 0 Å². The summed E-state index contributed by atoms with van der Waals surface area (Å²) in [6.45, 7) is 2.93. The van der Waals surface area contributed by atoms with Gasteiger partial charge in [0.1, 0.15) is 5.82 Å². The lowest BCUT2D eigenvalue weighted by molar-refractivity contribution is 0.242. The number of fused-ring (bicyclic) bond motifs is 2. The number of halogens is 1. The van der Waals surface area contributed by atoms with Gasteiger partial charge in [0.15, 0.2) is 4.47 Å². The van der Waals surface area contributed by atoms with E-state index in [-0.39, 0.29) is 5.56 Å². The Hall–Kier alpha value is -3.33. The smallest absolute Gasteiger partial charge is 0.255 e. The van der Waals surface area contributed by atoms with Crippen LogP contribution in [0.1, 0.15) is 21.7 Å². The maximum absolute atomic E-state index is 12.9. The van der Waals surface area contributed by atoms with Gasteiger partial charge in [-0.25, -0.2) is 9.97 Å². The molecular weight excluding hydrogens is 468 g/mol. The van der Waals surface area contributed by atoms with Crippen molar-refractivity contribution in [2.45, 2.75) is 26.1 Å². The average molecular weight is 489 g/mol. The molecule has 5 aromatic rings. The molecule has 0 radical (unpaired) electrons. The molecule has 1 aromatic carbocycles. The zero-order chi connectivity index (χ0) is 23.1. The standard InChI is InChI=1S/C25H21ClN6OS/c26-25-28-11-18(34-25)14-32-13-17(19-3-1-2-4-22(19)32)12-31-10-7-21-20(15-31)24(33)30-23(29-21)16-5-8-27-9-6-16/h1-6,8-9,11,13H,7,10,12,14-15H2,(H,29,30,33). The van der Waals surface area contributed by atoms with Gasteiger partial charge in [0.2, 0.25) is 0 Å². The van der Waals surface area contributed by atoms with Crippen LogP contribution < -0.4 is 5.56 Å². The van der Waals surface area contributed by atoms with E-state index in [1.807, 2.05) is 18.3 Å². The van der Waals surface area contributed by atoms with Gasteiger partial charge in [0.25, 0.3) is 5.56 Å². The minimum atomic E-state index is -0.0639. The molecule has 0 bridgehead atoms. The van der Waals surface area contributed by atoms with Crippen LogP contribution in [0.25, 0.3) is 22.3 Å². The van der Waals surface area contributed by atoms with Crippen LogP contribution in [0.5, 0.6) is 0 Å². The van der Waals surface area contributed by atoms with E-state index in [2.05, 4.69) is 54.9 Å². The molecule has 5 heterocycles. The first-order valence-electron chi connectivity index (χ1n) is 11.1. The summed E-state index contributed by atoms with van der Waals surface area (Å²) in [6.07, 6.45) is 8.20. The number of benzene rings is 1. The highest BCUT2D eigenvalue weighted by atomic mass is 35.5. The molecule has 4 aromatic heterocycles. The van der Waals surface area contributed by atoms with Crippen molar-refractivity contribution in [1.82, 2.24) is 29.4 Å². The van der Waals surface area contributed by atoms with E-state index in [4.69, 9.17) is 16.6 Å². The fourth-order valence-corrected chi connectivity index (χ4v) is 5.58. The van der Waals surface area contributed by atoms with E-state index >= 15 is 0 Å². The molecular formula is C25H21ClN6OS. The zero-order valence-electron chi connectivity index (χ0n) is 18.2. The molecule has 9 heteroatoms. The normalized spacial score (nSPS) is 13.9. The Labute approximate surface area is 204 Å². The molecule has 1 N–H and O–H groups in total. The summed E-state index contributed by atoms with van der Waals surface area (Å²) in [5, 5.41) is 1.23. The van der Waals surface area contributed by atoms with Crippen LogP contribution in [0.4, 0.5) is 0 Å². The molecule has 0 atom stereocenters. The molecule has 0 saturated heterocycles. The second-order valence-electron chi connectivity index (χ2n) is 8.42. The minimum Gasteiger partial charge on any atom is -0.342 e. The predicted molar refractivity (Wildman–Crippen MR) is 134 cm³/mol. The SMILES string of the molecule is O=c1[nH]c(-c2ccncc2)nc2c1CN(Cc1cn(Cc3cnc(Cl)s3)c3ccccc13)CC2. The molecule has 6 rings (SSSR count). The molecule has 0 unspecified atom stereocenters. The lowest BCUT2D eigenvalue weighted by atomic mass is 10.1. The molecule has 7 nitrogen and oxygen atoms in total. The summed E-state index contributed by atoms with van der Waals surface area (Å²) >= 11 is 7.54. The third-order valence-electron chi connectivity index (χ3n) is 6.22. The van der Waals surface area contributed by atoms with E-state index < -0.39 is 0 Å². The van der Waals surface area contributed by atoms with Crippen LogP contribution >= 0.6 is 22.9 Å². The van der Waals surface area contributed by atoms with Gasteiger partial charge in [0.05, 0.1) is 17.8 Å². The largest absolute Gasteiger partial charge is 0.342 e. The topological polar surface area (TPSA) is 79.7 Å². The van der Waals surface area contributed by atoms with Gasteiger partial charge in [-0.2, -0.15) is 0 Å². The second kappa shape index (κ2) is 8.79. The lowest BCUT2D eigenvalue weighted by Gasteiger charge is -2.27. The molecule has 0 spiro atoms. The van der Waals surface area contributed by atoms with Crippen LogP contribution in [-0.2, 0) is 26.1 Å². The monoisotopic (exact) mass is 488 g/mol. The minimum absolute atomic E-state index is 0.0639. The Balaban J connectivity index is 1.27. The van der Waals surface area contributed by atoms with Gasteiger partial charge >= 0.3 is 0 Å². The summed E-state index contributed by atoms with van der Waals surface area (Å²) < 4.78 is 2.81. The Morgan fingerprint density at radius 2 is 1.97 bits per heavy atom. The number of H-pyrrole nitrogens is 1. The second-order valence-corrected chi connectivity index (χ2v) is 10.1. The van der Waals surface area contributed by atoms with E-state index in [0.717, 1.165) is 47.8 Å². The van der Waals surface area contributed by atoms with E-state index in [9.17, 15) is 4.79 Å². The van der Waals surface area contributed by atoms with Crippen molar-refractivity contribution < 1.29 is 0 Å². The first-order valence-corrected chi connectivity index (χ1v) is 12.3. The lowest BCUT2D eigenvalue weighted by Crippen LogP contribution is -2.35. The highest BCUT2D eigenvalue weighted by Crippen LogP contribution is 2.27. The van der Waals surface area contributed by atoms with Crippen molar-refractivity contribution in [1.29, 1.82) is 0 Å². The summed E-state index contributed by atoms with van der Waals surface area (Å²) in [5.74, 6) is 0.603. The Bertz CT molecular complexity index is 1540. The number of para-hydroxylation sites is 1. The molecule has 0 amide bonds. The highest BCUT2D eigenvalue weighted by molar-refractivity contribution is 7.15. The number of hydrogen-bond acceptors (Lipinski definition) is 6. The van der Waals surface area contributed by atoms with E-state index in [1.165, 1.54) is 27.8 Å². The average Bonchev–Trinajstić information content (AvgIpc) is 3.43. The zero-order valence-corrected chi connectivity index (χ0v) is 19.8. The Morgan fingerprint density at radius 1 is 1.12 bits per heavy atom. The van der Waals surface area contributed by atoms with Gasteiger partial charge in [0, 0.05) is 72.2 Å². The van der Waals surface area contributed by atoms with Gasteiger partial charge in [-0.05, 0) is 23.8 Å². The number of pyridine rings is 1. The fraction of sp³-hybridized carbons (Fsp3) is 0.200. The van der Waals surface area contributed by atoms with Crippen molar-refractivity contribution >= 4 is 33.8 Å². The van der Waals surface area contributed by atoms with Crippen molar-refractivity contribution in [2.24, 2.45) is 0 Å². The first-order chi connectivity index (χ1) is 16.6. The third-order valence-corrected chi connectivity index (χ3v) is 7.32. The van der Waals surface area contributed by atoms with Crippen LogP contribution in [0.15, 0.2) is 66.0 Å². The van der Waals surface area contributed by atoms with Gasteiger partial charge < -0.3 is 9.55 Å². The van der Waals surface area contributed by atoms with Crippen LogP contribution in [-0.4, -0.2) is 35.9 Å². The summed E-state index contributed by atoms with van der Waals surface area (Å²) in [6, 6.07) is 12.1. The number of aromatic nitrogens is 5. The Morgan fingerprint density at radius 3 is 2.79 bits per heavy atom.